The second kappa shape index (κ2) is 10.2. The fraction of sp³-hybridized carbons (Fsp3) is 0.643. The fourth-order valence-electron chi connectivity index (χ4n) is 1.84. The zero-order valence-electron chi connectivity index (χ0n) is 14.0. The van der Waals surface area contributed by atoms with Crippen molar-refractivity contribution in [2.45, 2.75) is 51.2 Å². The van der Waals surface area contributed by atoms with E-state index in [4.69, 9.17) is 21.7 Å². The molecule has 0 heterocycles. The maximum Gasteiger partial charge on any atom is 0.326 e. The quantitative estimate of drug-likeness (QED) is 0.237. The van der Waals surface area contributed by atoms with Crippen LogP contribution in [0.4, 0.5) is 0 Å². The van der Waals surface area contributed by atoms with E-state index in [9.17, 15) is 24.0 Å². The molecule has 0 aliphatic rings. The van der Waals surface area contributed by atoms with Crippen LogP contribution < -0.4 is 22.1 Å². The Labute approximate surface area is 144 Å². The molecule has 0 saturated heterocycles. The van der Waals surface area contributed by atoms with Crippen molar-refractivity contribution in [1.29, 1.82) is 0 Å². The SMILES string of the molecule is CC[C@H](C)[C@H](N)C(=O)N[C@@H](CC(=O)O)C(=O)N[C@@H](CC(N)=O)C(=O)O. The zero-order valence-corrected chi connectivity index (χ0v) is 14.0. The van der Waals surface area contributed by atoms with Gasteiger partial charge in [0, 0.05) is 0 Å². The van der Waals surface area contributed by atoms with Crippen molar-refractivity contribution in [2.75, 3.05) is 0 Å². The van der Waals surface area contributed by atoms with Crippen LogP contribution in [0.25, 0.3) is 0 Å². The van der Waals surface area contributed by atoms with E-state index in [0.29, 0.717) is 6.42 Å². The number of aliphatic carboxylic acids is 2. The summed E-state index contributed by atoms with van der Waals surface area (Å²) in [7, 11) is 0. The van der Waals surface area contributed by atoms with Crippen molar-refractivity contribution in [2.24, 2.45) is 17.4 Å². The molecule has 0 rings (SSSR count). The number of nitrogens with one attached hydrogen (secondary N) is 2. The number of nitrogens with two attached hydrogens (primary N) is 2. The molecule has 0 bridgehead atoms. The van der Waals surface area contributed by atoms with E-state index >= 15 is 0 Å². The van der Waals surface area contributed by atoms with Gasteiger partial charge >= 0.3 is 11.9 Å². The first kappa shape index (κ1) is 22.3. The van der Waals surface area contributed by atoms with Gasteiger partial charge in [-0.1, -0.05) is 20.3 Å². The molecule has 0 spiro atoms. The molecular weight excluding hydrogens is 336 g/mol. The van der Waals surface area contributed by atoms with Crippen molar-refractivity contribution in [3.05, 3.63) is 0 Å². The first-order chi connectivity index (χ1) is 11.5. The van der Waals surface area contributed by atoms with Crippen LogP contribution in [-0.2, 0) is 24.0 Å². The molecule has 0 aromatic heterocycles. The zero-order chi connectivity index (χ0) is 19.7. The van der Waals surface area contributed by atoms with Crippen molar-refractivity contribution in [3.63, 3.8) is 0 Å². The second-order valence-electron chi connectivity index (χ2n) is 5.64. The number of carboxylic acid groups (broad SMARTS) is 2. The van der Waals surface area contributed by atoms with Crippen LogP contribution in [0.3, 0.4) is 0 Å². The Hall–Kier alpha value is -2.69. The van der Waals surface area contributed by atoms with E-state index in [1.807, 2.05) is 5.32 Å². The van der Waals surface area contributed by atoms with E-state index in [-0.39, 0.29) is 5.92 Å². The molecule has 3 amide bonds. The summed E-state index contributed by atoms with van der Waals surface area (Å²) in [5, 5.41) is 22.0. The molecule has 142 valence electrons. The predicted molar refractivity (Wildman–Crippen MR) is 85.0 cm³/mol. The summed E-state index contributed by atoms with van der Waals surface area (Å²) in [6.07, 6.45) is -0.876. The number of hydrogen-bond donors (Lipinski definition) is 6. The molecule has 0 unspecified atom stereocenters. The Bertz CT molecular complexity index is 537. The largest absolute Gasteiger partial charge is 0.481 e. The molecule has 0 aliphatic heterocycles. The van der Waals surface area contributed by atoms with Crippen molar-refractivity contribution in [3.8, 4) is 0 Å². The minimum atomic E-state index is -1.64. The van der Waals surface area contributed by atoms with Gasteiger partial charge in [0.1, 0.15) is 12.1 Å². The molecule has 0 radical (unpaired) electrons. The monoisotopic (exact) mass is 360 g/mol. The van der Waals surface area contributed by atoms with Gasteiger partial charge in [-0.05, 0) is 5.92 Å². The summed E-state index contributed by atoms with van der Waals surface area (Å²) in [5.74, 6) is -5.90. The molecule has 25 heavy (non-hydrogen) atoms. The Morgan fingerprint density at radius 1 is 0.960 bits per heavy atom. The Morgan fingerprint density at radius 3 is 1.88 bits per heavy atom. The summed E-state index contributed by atoms with van der Waals surface area (Å²) < 4.78 is 0. The first-order valence-corrected chi connectivity index (χ1v) is 7.58. The third kappa shape index (κ3) is 8.11. The van der Waals surface area contributed by atoms with E-state index < -0.39 is 60.6 Å². The van der Waals surface area contributed by atoms with Crippen LogP contribution in [0.1, 0.15) is 33.1 Å². The van der Waals surface area contributed by atoms with Gasteiger partial charge in [0.15, 0.2) is 0 Å². The Balaban J connectivity index is 5.14. The minimum Gasteiger partial charge on any atom is -0.481 e. The number of rotatable bonds is 11. The molecule has 0 saturated carbocycles. The maximum atomic E-state index is 12.1. The van der Waals surface area contributed by atoms with E-state index in [2.05, 4.69) is 5.32 Å². The van der Waals surface area contributed by atoms with Crippen LogP contribution in [0.15, 0.2) is 0 Å². The lowest BCUT2D eigenvalue weighted by molar-refractivity contribution is -0.144. The van der Waals surface area contributed by atoms with Gasteiger partial charge in [-0.3, -0.25) is 19.2 Å². The smallest absolute Gasteiger partial charge is 0.326 e. The highest BCUT2D eigenvalue weighted by atomic mass is 16.4. The van der Waals surface area contributed by atoms with E-state index in [1.165, 1.54) is 0 Å². The van der Waals surface area contributed by atoms with Crippen molar-refractivity contribution >= 4 is 29.7 Å². The lowest BCUT2D eigenvalue weighted by Gasteiger charge is -2.23. The normalized spacial score (nSPS) is 15.3. The average Bonchev–Trinajstić information content (AvgIpc) is 2.50. The number of carbonyl (C=O) groups excluding carboxylic acids is 3. The number of carbonyl (C=O) groups is 5. The standard InChI is InChI=1S/C14H24N4O7/c1-3-6(2)11(16)13(23)17-7(5-10(20)21)12(22)18-8(14(24)25)4-9(15)19/h6-8,11H,3-5,16H2,1-2H3,(H2,15,19)(H,17,23)(H,18,22)(H,20,21)(H,24,25)/t6-,7-,8-,11-/m0/s1. The second-order valence-corrected chi connectivity index (χ2v) is 5.64. The first-order valence-electron chi connectivity index (χ1n) is 7.58. The fourth-order valence-corrected chi connectivity index (χ4v) is 1.84. The molecule has 11 heteroatoms. The van der Waals surface area contributed by atoms with Gasteiger partial charge in [-0.15, -0.1) is 0 Å². The highest BCUT2D eigenvalue weighted by molar-refractivity contribution is 5.95. The topological polar surface area (TPSA) is 202 Å². The average molecular weight is 360 g/mol. The maximum absolute atomic E-state index is 12.1. The molecule has 0 fully saturated rings. The summed E-state index contributed by atoms with van der Waals surface area (Å²) in [5.41, 5.74) is 10.6. The molecule has 11 nitrogen and oxygen atoms in total. The van der Waals surface area contributed by atoms with Crippen LogP contribution in [0.5, 0.6) is 0 Å². The molecule has 0 aromatic rings. The lowest BCUT2D eigenvalue weighted by Crippen LogP contribution is -2.56. The van der Waals surface area contributed by atoms with E-state index in [0.717, 1.165) is 0 Å². The van der Waals surface area contributed by atoms with Gasteiger partial charge < -0.3 is 32.3 Å². The summed E-state index contributed by atoms with van der Waals surface area (Å²) in [6, 6.07) is -4.15. The number of carboxylic acids is 2. The number of primary amides is 1. The highest BCUT2D eigenvalue weighted by Gasteiger charge is 2.31. The molecular formula is C14H24N4O7. The van der Waals surface area contributed by atoms with Gasteiger partial charge in [0.2, 0.25) is 17.7 Å². The van der Waals surface area contributed by atoms with Gasteiger partial charge in [0.05, 0.1) is 18.9 Å². The summed E-state index contributed by atoms with van der Waals surface area (Å²) in [6.45, 7) is 3.52. The van der Waals surface area contributed by atoms with Gasteiger partial charge in [-0.2, -0.15) is 0 Å². The highest BCUT2D eigenvalue weighted by Crippen LogP contribution is 2.06. The van der Waals surface area contributed by atoms with Crippen molar-refractivity contribution < 1.29 is 34.2 Å². The van der Waals surface area contributed by atoms with Crippen molar-refractivity contribution in [1.82, 2.24) is 10.6 Å². The van der Waals surface area contributed by atoms with E-state index in [1.54, 1.807) is 13.8 Å². The van der Waals surface area contributed by atoms with Crippen LogP contribution >= 0.6 is 0 Å². The Morgan fingerprint density at radius 2 is 1.48 bits per heavy atom. The molecule has 0 aromatic carbocycles. The van der Waals surface area contributed by atoms with Crippen LogP contribution in [0, 0.1) is 5.92 Å². The van der Waals surface area contributed by atoms with Gasteiger partial charge in [0.25, 0.3) is 0 Å². The molecule has 8 N–H and O–H groups in total. The predicted octanol–water partition coefficient (Wildman–Crippen LogP) is -2.24. The summed E-state index contributed by atoms with van der Waals surface area (Å²) in [4.78, 5) is 56.9. The lowest BCUT2D eigenvalue weighted by atomic mass is 9.99. The summed E-state index contributed by atoms with van der Waals surface area (Å²) >= 11 is 0. The third-order valence-corrected chi connectivity index (χ3v) is 3.59. The third-order valence-electron chi connectivity index (χ3n) is 3.59. The number of hydrogen-bond acceptors (Lipinski definition) is 6. The Kier molecular flexibility index (Phi) is 9.13. The molecule has 0 aliphatic carbocycles. The van der Waals surface area contributed by atoms with Gasteiger partial charge in [-0.25, -0.2) is 4.79 Å². The minimum absolute atomic E-state index is 0.213. The molecule has 4 atom stereocenters. The van der Waals surface area contributed by atoms with Crippen LogP contribution in [0.2, 0.25) is 0 Å². The number of amides is 3. The van der Waals surface area contributed by atoms with Crippen LogP contribution in [-0.4, -0.2) is 58.0 Å².